The van der Waals surface area contributed by atoms with Crippen LogP contribution in [0.3, 0.4) is 0 Å². The highest BCUT2D eigenvalue weighted by Gasteiger charge is 2.41. The SMILES string of the molecule is CCC1NC(=O)C(CC)N(CC(C)(C)C(C)C)C1=O. The summed E-state index contributed by atoms with van der Waals surface area (Å²) in [5.74, 6) is 0.527. The minimum atomic E-state index is -0.349. The monoisotopic (exact) mass is 268 g/mol. The Balaban J connectivity index is 2.97. The first-order chi connectivity index (χ1) is 8.74. The molecule has 4 heteroatoms. The van der Waals surface area contributed by atoms with E-state index in [1.165, 1.54) is 0 Å². The van der Waals surface area contributed by atoms with Gasteiger partial charge in [0.25, 0.3) is 0 Å². The Bertz CT molecular complexity index is 350. The Morgan fingerprint density at radius 3 is 2.21 bits per heavy atom. The van der Waals surface area contributed by atoms with Gasteiger partial charge in [0.1, 0.15) is 12.1 Å². The van der Waals surface area contributed by atoms with Crippen LogP contribution in [0.4, 0.5) is 0 Å². The maximum atomic E-state index is 12.5. The van der Waals surface area contributed by atoms with Crippen molar-refractivity contribution in [3.05, 3.63) is 0 Å². The second-order valence-corrected chi connectivity index (χ2v) is 6.50. The minimum Gasteiger partial charge on any atom is -0.343 e. The molecular weight excluding hydrogens is 240 g/mol. The fourth-order valence-corrected chi connectivity index (χ4v) is 2.32. The highest BCUT2D eigenvalue weighted by molar-refractivity contribution is 5.96. The van der Waals surface area contributed by atoms with E-state index in [4.69, 9.17) is 0 Å². The van der Waals surface area contributed by atoms with Gasteiger partial charge in [0.2, 0.25) is 11.8 Å². The number of nitrogens with zero attached hydrogens (tertiary/aromatic N) is 1. The van der Waals surface area contributed by atoms with Gasteiger partial charge in [0.05, 0.1) is 0 Å². The van der Waals surface area contributed by atoms with Gasteiger partial charge in [0, 0.05) is 6.54 Å². The lowest BCUT2D eigenvalue weighted by atomic mass is 9.80. The zero-order chi connectivity index (χ0) is 14.8. The van der Waals surface area contributed by atoms with Gasteiger partial charge in [-0.2, -0.15) is 0 Å². The van der Waals surface area contributed by atoms with E-state index in [2.05, 4.69) is 33.0 Å². The Morgan fingerprint density at radius 2 is 1.79 bits per heavy atom. The van der Waals surface area contributed by atoms with Crippen molar-refractivity contribution in [3.63, 3.8) is 0 Å². The first-order valence-corrected chi connectivity index (χ1v) is 7.35. The molecule has 0 bridgehead atoms. The van der Waals surface area contributed by atoms with E-state index < -0.39 is 0 Å². The van der Waals surface area contributed by atoms with Crippen LogP contribution in [0.1, 0.15) is 54.4 Å². The van der Waals surface area contributed by atoms with Crippen LogP contribution in [-0.2, 0) is 9.59 Å². The number of hydrogen-bond acceptors (Lipinski definition) is 2. The Morgan fingerprint density at radius 1 is 1.21 bits per heavy atom. The van der Waals surface area contributed by atoms with Crippen molar-refractivity contribution in [3.8, 4) is 0 Å². The second-order valence-electron chi connectivity index (χ2n) is 6.50. The van der Waals surface area contributed by atoms with E-state index in [9.17, 15) is 9.59 Å². The normalized spacial score (nSPS) is 24.9. The summed E-state index contributed by atoms with van der Waals surface area (Å²) >= 11 is 0. The standard InChI is InChI=1S/C15H28N2O2/c1-7-11-14(19)17(9-15(5,6)10(3)4)12(8-2)13(18)16-11/h10-12H,7-9H2,1-6H3,(H,16,18). The molecule has 110 valence electrons. The van der Waals surface area contributed by atoms with Crippen LogP contribution in [0.15, 0.2) is 0 Å². The van der Waals surface area contributed by atoms with Gasteiger partial charge in [-0.1, -0.05) is 41.5 Å². The summed E-state index contributed by atoms with van der Waals surface area (Å²) < 4.78 is 0. The molecule has 2 unspecified atom stereocenters. The highest BCUT2D eigenvalue weighted by Crippen LogP contribution is 2.29. The molecule has 1 heterocycles. The van der Waals surface area contributed by atoms with E-state index in [-0.39, 0.29) is 29.3 Å². The number of nitrogens with one attached hydrogen (secondary N) is 1. The largest absolute Gasteiger partial charge is 0.343 e. The predicted octanol–water partition coefficient (Wildman–Crippen LogP) is 2.18. The molecule has 0 spiro atoms. The smallest absolute Gasteiger partial charge is 0.245 e. The lowest BCUT2D eigenvalue weighted by Crippen LogP contribution is -2.64. The van der Waals surface area contributed by atoms with Crippen LogP contribution in [0.25, 0.3) is 0 Å². The van der Waals surface area contributed by atoms with Crippen LogP contribution in [0.5, 0.6) is 0 Å². The zero-order valence-corrected chi connectivity index (χ0v) is 13.1. The first kappa shape index (κ1) is 16.0. The number of piperazine rings is 1. The molecule has 1 aliphatic heterocycles. The third-order valence-corrected chi connectivity index (χ3v) is 4.51. The summed E-state index contributed by atoms with van der Waals surface area (Å²) in [6.07, 6.45) is 1.32. The maximum Gasteiger partial charge on any atom is 0.245 e. The molecule has 0 aromatic carbocycles. The van der Waals surface area contributed by atoms with Crippen LogP contribution >= 0.6 is 0 Å². The third-order valence-electron chi connectivity index (χ3n) is 4.51. The van der Waals surface area contributed by atoms with Crippen LogP contribution < -0.4 is 5.32 Å². The maximum absolute atomic E-state index is 12.5. The molecule has 1 saturated heterocycles. The first-order valence-electron chi connectivity index (χ1n) is 7.35. The lowest BCUT2D eigenvalue weighted by molar-refractivity contribution is -0.151. The molecule has 0 aromatic heterocycles. The van der Waals surface area contributed by atoms with E-state index in [1.54, 1.807) is 4.90 Å². The molecule has 1 fully saturated rings. The van der Waals surface area contributed by atoms with Crippen molar-refractivity contribution in [2.75, 3.05) is 6.54 Å². The molecule has 0 aromatic rings. The molecule has 0 aliphatic carbocycles. The molecule has 4 nitrogen and oxygen atoms in total. The third kappa shape index (κ3) is 3.28. The molecule has 2 amide bonds. The van der Waals surface area contributed by atoms with E-state index >= 15 is 0 Å². The quantitative estimate of drug-likeness (QED) is 0.831. The Labute approximate surface area is 116 Å². The topological polar surface area (TPSA) is 49.4 Å². The number of carbonyl (C=O) groups is 2. The van der Waals surface area contributed by atoms with Crippen LogP contribution in [-0.4, -0.2) is 35.3 Å². The van der Waals surface area contributed by atoms with Gasteiger partial charge in [-0.05, 0) is 24.2 Å². The predicted molar refractivity (Wildman–Crippen MR) is 76.6 cm³/mol. The minimum absolute atomic E-state index is 0.00601. The van der Waals surface area contributed by atoms with Gasteiger partial charge in [-0.3, -0.25) is 9.59 Å². The van der Waals surface area contributed by atoms with E-state index in [0.29, 0.717) is 25.3 Å². The van der Waals surface area contributed by atoms with Crippen molar-refractivity contribution >= 4 is 11.8 Å². The van der Waals surface area contributed by atoms with Gasteiger partial charge >= 0.3 is 0 Å². The molecule has 1 N–H and O–H groups in total. The highest BCUT2D eigenvalue weighted by atomic mass is 16.2. The molecule has 0 saturated carbocycles. The summed E-state index contributed by atoms with van der Waals surface area (Å²) in [4.78, 5) is 26.4. The number of amides is 2. The Kier molecular flexibility index (Phi) is 4.99. The molecule has 2 atom stereocenters. The van der Waals surface area contributed by atoms with Gasteiger partial charge in [-0.15, -0.1) is 0 Å². The summed E-state index contributed by atoms with van der Waals surface area (Å²) in [7, 11) is 0. The number of carbonyl (C=O) groups excluding carboxylic acids is 2. The van der Waals surface area contributed by atoms with Crippen molar-refractivity contribution in [2.45, 2.75) is 66.5 Å². The Hall–Kier alpha value is -1.06. The lowest BCUT2D eigenvalue weighted by Gasteiger charge is -2.43. The summed E-state index contributed by atoms with van der Waals surface area (Å²) in [5.41, 5.74) is 0.0129. The summed E-state index contributed by atoms with van der Waals surface area (Å²) in [6, 6.07) is -0.661. The number of hydrogen-bond donors (Lipinski definition) is 1. The summed E-state index contributed by atoms with van der Waals surface area (Å²) in [6.45, 7) is 13.2. The van der Waals surface area contributed by atoms with Gasteiger partial charge in [0.15, 0.2) is 0 Å². The molecule has 1 aliphatic rings. The van der Waals surface area contributed by atoms with E-state index in [1.807, 2.05) is 13.8 Å². The van der Waals surface area contributed by atoms with Crippen molar-refractivity contribution in [1.82, 2.24) is 10.2 Å². The second kappa shape index (κ2) is 5.93. The zero-order valence-electron chi connectivity index (χ0n) is 13.1. The van der Waals surface area contributed by atoms with E-state index in [0.717, 1.165) is 0 Å². The fourth-order valence-electron chi connectivity index (χ4n) is 2.32. The van der Waals surface area contributed by atoms with Gasteiger partial charge < -0.3 is 10.2 Å². The molecule has 19 heavy (non-hydrogen) atoms. The summed E-state index contributed by atoms with van der Waals surface area (Å²) in [5, 5.41) is 2.83. The fraction of sp³-hybridized carbons (Fsp3) is 0.867. The average Bonchev–Trinajstić information content (AvgIpc) is 2.33. The van der Waals surface area contributed by atoms with Crippen LogP contribution in [0.2, 0.25) is 0 Å². The number of rotatable bonds is 5. The van der Waals surface area contributed by atoms with Crippen LogP contribution in [0, 0.1) is 11.3 Å². The van der Waals surface area contributed by atoms with Crippen molar-refractivity contribution in [2.24, 2.45) is 11.3 Å². The average molecular weight is 268 g/mol. The molecular formula is C15H28N2O2. The van der Waals surface area contributed by atoms with Crippen molar-refractivity contribution < 1.29 is 9.59 Å². The molecule has 0 radical (unpaired) electrons. The van der Waals surface area contributed by atoms with Crippen molar-refractivity contribution in [1.29, 1.82) is 0 Å². The molecule has 1 rings (SSSR count). The van der Waals surface area contributed by atoms with Gasteiger partial charge in [-0.25, -0.2) is 0 Å².